The summed E-state index contributed by atoms with van der Waals surface area (Å²) in [5.74, 6) is -0.364. The Morgan fingerprint density at radius 2 is 2.47 bits per heavy atom. The number of ether oxygens (including phenoxy) is 1. The maximum atomic E-state index is 11.7. The molecule has 0 saturated carbocycles. The average Bonchev–Trinajstić information content (AvgIpc) is 2.84. The molecule has 2 heterocycles. The van der Waals surface area contributed by atoms with Crippen molar-refractivity contribution < 1.29 is 14.3 Å². The zero-order valence-corrected chi connectivity index (χ0v) is 11.1. The monoisotopic (exact) mass is 271 g/mol. The van der Waals surface area contributed by atoms with E-state index in [-0.39, 0.29) is 17.1 Å². The maximum Gasteiger partial charge on any atom is 0.341 e. The number of amides is 1. The molecule has 0 spiro atoms. The molecule has 0 aromatic carbocycles. The van der Waals surface area contributed by atoms with Crippen LogP contribution in [0.3, 0.4) is 0 Å². The molecule has 0 N–H and O–H groups in total. The van der Waals surface area contributed by atoms with Gasteiger partial charge in [0.2, 0.25) is 5.91 Å². The number of thiophene rings is 1. The molecule has 1 atom stereocenters. The Bertz CT molecular complexity index is 444. The Morgan fingerprint density at radius 3 is 3.06 bits per heavy atom. The second-order valence-electron chi connectivity index (χ2n) is 3.72. The highest BCUT2D eigenvalue weighted by Gasteiger charge is 2.31. The van der Waals surface area contributed by atoms with E-state index >= 15 is 0 Å². The molecule has 0 bridgehead atoms. The van der Waals surface area contributed by atoms with Crippen LogP contribution in [0.4, 0.5) is 5.00 Å². The van der Waals surface area contributed by atoms with Crippen LogP contribution >= 0.6 is 24.0 Å². The van der Waals surface area contributed by atoms with Crippen molar-refractivity contribution in [2.75, 3.05) is 18.1 Å². The van der Waals surface area contributed by atoms with Gasteiger partial charge in [-0.05, 0) is 18.4 Å². The lowest BCUT2D eigenvalue weighted by Gasteiger charge is -2.15. The molecule has 0 aliphatic carbocycles. The molecule has 0 radical (unpaired) electrons. The minimum Gasteiger partial charge on any atom is -0.462 e. The molecule has 1 amide bonds. The first-order valence-electron chi connectivity index (χ1n) is 5.36. The highest BCUT2D eigenvalue weighted by Crippen LogP contribution is 2.32. The van der Waals surface area contributed by atoms with E-state index in [2.05, 4.69) is 12.6 Å². The second-order valence-corrected chi connectivity index (χ2v) is 5.35. The van der Waals surface area contributed by atoms with Gasteiger partial charge in [-0.3, -0.25) is 4.79 Å². The molecule has 1 aliphatic heterocycles. The van der Waals surface area contributed by atoms with Crippen LogP contribution in [0.2, 0.25) is 0 Å². The third kappa shape index (κ3) is 2.47. The van der Waals surface area contributed by atoms with Gasteiger partial charge < -0.3 is 9.64 Å². The van der Waals surface area contributed by atoms with Crippen molar-refractivity contribution in [3.63, 3.8) is 0 Å². The van der Waals surface area contributed by atoms with Gasteiger partial charge in [0.1, 0.15) is 5.00 Å². The fraction of sp³-hybridized carbons (Fsp3) is 0.455. The number of carbonyl (C=O) groups excluding carboxylic acids is 2. The molecule has 92 valence electrons. The predicted molar refractivity (Wildman–Crippen MR) is 70.0 cm³/mol. The number of rotatable bonds is 3. The van der Waals surface area contributed by atoms with E-state index in [0.29, 0.717) is 30.1 Å². The zero-order chi connectivity index (χ0) is 12.4. The fourth-order valence-corrected chi connectivity index (χ4v) is 2.99. The van der Waals surface area contributed by atoms with Crippen LogP contribution in [-0.4, -0.2) is 30.3 Å². The van der Waals surface area contributed by atoms with Crippen molar-refractivity contribution in [2.45, 2.75) is 18.6 Å². The highest BCUT2D eigenvalue weighted by molar-refractivity contribution is 7.81. The van der Waals surface area contributed by atoms with Crippen LogP contribution in [0.5, 0.6) is 0 Å². The minimum absolute atomic E-state index is 0.0120. The van der Waals surface area contributed by atoms with Crippen LogP contribution in [0.1, 0.15) is 23.7 Å². The van der Waals surface area contributed by atoms with E-state index in [9.17, 15) is 9.59 Å². The molecule has 1 unspecified atom stereocenters. The van der Waals surface area contributed by atoms with E-state index in [1.807, 2.05) is 0 Å². The smallest absolute Gasteiger partial charge is 0.341 e. The van der Waals surface area contributed by atoms with E-state index in [1.54, 1.807) is 23.3 Å². The molecule has 1 fully saturated rings. The summed E-state index contributed by atoms with van der Waals surface area (Å²) in [7, 11) is 0. The molecule has 1 saturated heterocycles. The first-order valence-corrected chi connectivity index (χ1v) is 6.76. The summed E-state index contributed by atoms with van der Waals surface area (Å²) in [5.41, 5.74) is 0.465. The third-order valence-corrected chi connectivity index (χ3v) is 3.77. The van der Waals surface area contributed by atoms with Crippen molar-refractivity contribution >= 4 is 40.8 Å². The Balaban J connectivity index is 2.25. The van der Waals surface area contributed by atoms with Crippen LogP contribution in [-0.2, 0) is 9.53 Å². The quantitative estimate of drug-likeness (QED) is 0.675. The largest absolute Gasteiger partial charge is 0.462 e. The Kier molecular flexibility index (Phi) is 3.73. The molecule has 1 aliphatic rings. The number of anilines is 1. The van der Waals surface area contributed by atoms with E-state index in [1.165, 1.54) is 11.3 Å². The number of hydrogen-bond acceptors (Lipinski definition) is 5. The van der Waals surface area contributed by atoms with Crippen molar-refractivity contribution in [2.24, 2.45) is 0 Å². The van der Waals surface area contributed by atoms with Gasteiger partial charge >= 0.3 is 5.97 Å². The normalized spacial score (nSPS) is 19.8. The van der Waals surface area contributed by atoms with E-state index < -0.39 is 0 Å². The van der Waals surface area contributed by atoms with Crippen LogP contribution < -0.4 is 4.90 Å². The Morgan fingerprint density at radius 1 is 1.71 bits per heavy atom. The molecule has 4 nitrogen and oxygen atoms in total. The van der Waals surface area contributed by atoms with Gasteiger partial charge in [0.15, 0.2) is 0 Å². The van der Waals surface area contributed by atoms with Gasteiger partial charge in [0, 0.05) is 18.2 Å². The van der Waals surface area contributed by atoms with Crippen LogP contribution in [0.15, 0.2) is 11.4 Å². The molecule has 1 aromatic rings. The maximum absolute atomic E-state index is 11.7. The SMILES string of the molecule is CCOC(=O)c1ccsc1N1CC(S)CC1=O. The van der Waals surface area contributed by atoms with Gasteiger partial charge in [-0.1, -0.05) is 0 Å². The Hall–Kier alpha value is -1.01. The number of thiol groups is 1. The van der Waals surface area contributed by atoms with Crippen molar-refractivity contribution in [1.29, 1.82) is 0 Å². The highest BCUT2D eigenvalue weighted by atomic mass is 32.1. The van der Waals surface area contributed by atoms with Crippen molar-refractivity contribution in [3.8, 4) is 0 Å². The van der Waals surface area contributed by atoms with Gasteiger partial charge in [0.25, 0.3) is 0 Å². The average molecular weight is 271 g/mol. The number of esters is 1. The Labute approximate surface area is 109 Å². The summed E-state index contributed by atoms with van der Waals surface area (Å²) in [6.45, 7) is 2.64. The second kappa shape index (κ2) is 5.10. The molecule has 1 aromatic heterocycles. The molecule has 2 rings (SSSR count). The summed E-state index contributed by atoms with van der Waals surface area (Å²) in [6.07, 6.45) is 0.420. The summed E-state index contributed by atoms with van der Waals surface area (Å²) in [5, 5.41) is 2.51. The number of hydrogen-bond donors (Lipinski definition) is 1. The topological polar surface area (TPSA) is 46.6 Å². The van der Waals surface area contributed by atoms with Crippen molar-refractivity contribution in [3.05, 3.63) is 17.0 Å². The third-order valence-electron chi connectivity index (χ3n) is 2.49. The standard InChI is InChI=1S/C11H13NO3S2/c1-2-15-11(14)8-3-4-17-10(8)12-6-7(16)5-9(12)13/h3-4,7,16H,2,5-6H2,1H3. The lowest BCUT2D eigenvalue weighted by Crippen LogP contribution is -2.25. The molecule has 6 heteroatoms. The lowest BCUT2D eigenvalue weighted by molar-refractivity contribution is -0.116. The summed E-state index contributed by atoms with van der Waals surface area (Å²) in [6, 6.07) is 1.69. The molecular formula is C11H13NO3S2. The molecular weight excluding hydrogens is 258 g/mol. The van der Waals surface area contributed by atoms with Gasteiger partial charge in [0.05, 0.1) is 12.2 Å². The summed E-state index contributed by atoms with van der Waals surface area (Å²) in [4.78, 5) is 25.1. The molecule has 17 heavy (non-hydrogen) atoms. The van der Waals surface area contributed by atoms with E-state index in [0.717, 1.165) is 0 Å². The lowest BCUT2D eigenvalue weighted by atomic mass is 10.3. The van der Waals surface area contributed by atoms with Crippen molar-refractivity contribution in [1.82, 2.24) is 0 Å². The van der Waals surface area contributed by atoms with Gasteiger partial charge in [-0.15, -0.1) is 11.3 Å². The number of nitrogens with zero attached hydrogens (tertiary/aromatic N) is 1. The van der Waals surface area contributed by atoms with Crippen LogP contribution in [0.25, 0.3) is 0 Å². The summed E-state index contributed by atoms with van der Waals surface area (Å²) >= 11 is 5.67. The summed E-state index contributed by atoms with van der Waals surface area (Å²) < 4.78 is 4.96. The minimum atomic E-state index is -0.376. The van der Waals surface area contributed by atoms with E-state index in [4.69, 9.17) is 4.74 Å². The zero-order valence-electron chi connectivity index (χ0n) is 9.38. The van der Waals surface area contributed by atoms with Gasteiger partial charge in [-0.2, -0.15) is 12.6 Å². The van der Waals surface area contributed by atoms with Crippen LogP contribution in [0, 0.1) is 0 Å². The van der Waals surface area contributed by atoms with Gasteiger partial charge in [-0.25, -0.2) is 4.79 Å². The first-order chi connectivity index (χ1) is 8.13. The first kappa shape index (κ1) is 12.4. The number of carbonyl (C=O) groups is 2. The fourth-order valence-electron chi connectivity index (χ4n) is 1.76. The predicted octanol–water partition coefficient (Wildman–Crippen LogP) is 1.96.